The zero-order chi connectivity index (χ0) is 16.9. The standard InChI is InChI=1S/C15H25N5O3/c1-3-20(22)16-10-8-6-4-5-7-9-11-19-12-15(17-18-19)13-23-14(2)21/h3,12H,1,4-11,13H2,2H3. The maximum absolute atomic E-state index is 10.8. The van der Waals surface area contributed by atoms with Gasteiger partial charge in [0.15, 0.2) is 0 Å². The molecule has 0 radical (unpaired) electrons. The minimum absolute atomic E-state index is 0.174. The molecule has 128 valence electrons. The van der Waals surface area contributed by atoms with Gasteiger partial charge in [-0.2, -0.15) is 0 Å². The Kier molecular flexibility index (Phi) is 9.26. The fourth-order valence-electron chi connectivity index (χ4n) is 2.01. The normalized spacial score (nSPS) is 11.4. The molecule has 1 heterocycles. The van der Waals surface area contributed by atoms with Crippen molar-refractivity contribution in [2.75, 3.05) is 6.54 Å². The van der Waals surface area contributed by atoms with E-state index in [1.165, 1.54) is 6.92 Å². The van der Waals surface area contributed by atoms with Gasteiger partial charge in [0, 0.05) is 13.5 Å². The Balaban J connectivity index is 2.00. The molecule has 0 aliphatic heterocycles. The van der Waals surface area contributed by atoms with Crippen molar-refractivity contribution in [3.63, 3.8) is 0 Å². The number of aryl methyl sites for hydroxylation is 1. The molecule has 23 heavy (non-hydrogen) atoms. The van der Waals surface area contributed by atoms with E-state index in [4.69, 9.17) is 4.74 Å². The predicted octanol–water partition coefficient (Wildman–Crippen LogP) is 2.79. The van der Waals surface area contributed by atoms with Crippen LogP contribution in [0.4, 0.5) is 0 Å². The van der Waals surface area contributed by atoms with Crippen molar-refractivity contribution in [3.05, 3.63) is 29.9 Å². The van der Waals surface area contributed by atoms with Crippen molar-refractivity contribution >= 4 is 5.97 Å². The van der Waals surface area contributed by atoms with Crippen LogP contribution in [-0.4, -0.2) is 32.4 Å². The fraction of sp³-hybridized carbons (Fsp3) is 0.667. The molecule has 0 bridgehead atoms. The van der Waals surface area contributed by atoms with Crippen molar-refractivity contribution in [1.29, 1.82) is 0 Å². The number of hydrogen-bond donors (Lipinski definition) is 0. The molecule has 0 N–H and O–H groups in total. The van der Waals surface area contributed by atoms with Gasteiger partial charge in [0.05, 0.1) is 6.20 Å². The molecule has 0 fully saturated rings. The Morgan fingerprint density at radius 2 is 2.09 bits per heavy atom. The summed E-state index contributed by atoms with van der Waals surface area (Å²) >= 11 is 0. The van der Waals surface area contributed by atoms with E-state index in [0.717, 1.165) is 51.3 Å². The highest BCUT2D eigenvalue weighted by Gasteiger charge is 2.02. The molecule has 0 saturated heterocycles. The van der Waals surface area contributed by atoms with Crippen LogP contribution in [0.15, 0.2) is 24.1 Å². The van der Waals surface area contributed by atoms with E-state index >= 15 is 0 Å². The monoisotopic (exact) mass is 323 g/mol. The highest BCUT2D eigenvalue weighted by Crippen LogP contribution is 2.07. The number of hydrogen-bond acceptors (Lipinski definition) is 6. The Labute approximate surface area is 136 Å². The maximum Gasteiger partial charge on any atom is 0.303 e. The highest BCUT2D eigenvalue weighted by molar-refractivity contribution is 5.65. The van der Waals surface area contributed by atoms with Gasteiger partial charge in [-0.05, 0) is 24.5 Å². The number of esters is 1. The number of hydroxylamine groups is 1. The van der Waals surface area contributed by atoms with Crippen LogP contribution in [0, 0.1) is 5.21 Å². The van der Waals surface area contributed by atoms with Gasteiger partial charge in [-0.3, -0.25) is 9.48 Å². The SMILES string of the molecule is C=C[N+]([O-])=NCCCCCCCCn1cc(COC(C)=O)nn1. The number of rotatable bonds is 12. The van der Waals surface area contributed by atoms with E-state index in [1.54, 1.807) is 10.9 Å². The number of carbonyl (C=O) groups is 1. The van der Waals surface area contributed by atoms with Crippen molar-refractivity contribution in [1.82, 2.24) is 15.0 Å². The summed E-state index contributed by atoms with van der Waals surface area (Å²) in [6.07, 6.45) is 9.40. The second kappa shape index (κ2) is 11.3. The first-order chi connectivity index (χ1) is 11.1. The van der Waals surface area contributed by atoms with Gasteiger partial charge in [-0.25, -0.2) is 0 Å². The Bertz CT molecular complexity index is 513. The molecule has 0 aliphatic rings. The lowest BCUT2D eigenvalue weighted by Gasteiger charge is -2.01. The Morgan fingerprint density at radius 1 is 1.39 bits per heavy atom. The summed E-state index contributed by atoms with van der Waals surface area (Å²) in [6.45, 7) is 6.25. The smallest absolute Gasteiger partial charge is 0.303 e. The molecule has 0 saturated carbocycles. The number of unbranched alkanes of at least 4 members (excludes halogenated alkanes) is 5. The molecule has 8 heteroatoms. The average molecular weight is 323 g/mol. The zero-order valence-electron chi connectivity index (χ0n) is 13.7. The van der Waals surface area contributed by atoms with E-state index in [1.807, 2.05) is 0 Å². The average Bonchev–Trinajstić information content (AvgIpc) is 2.98. The minimum atomic E-state index is -0.320. The number of ether oxygens (including phenoxy) is 1. The third-order valence-corrected chi connectivity index (χ3v) is 3.20. The molecule has 1 aromatic rings. The van der Waals surface area contributed by atoms with E-state index in [2.05, 4.69) is 22.0 Å². The topological polar surface area (TPSA) is 95.4 Å². The Morgan fingerprint density at radius 3 is 2.78 bits per heavy atom. The zero-order valence-corrected chi connectivity index (χ0v) is 13.7. The van der Waals surface area contributed by atoms with Gasteiger partial charge >= 0.3 is 5.97 Å². The van der Waals surface area contributed by atoms with Gasteiger partial charge in [0.2, 0.25) is 6.20 Å². The van der Waals surface area contributed by atoms with Gasteiger partial charge < -0.3 is 9.94 Å². The lowest BCUT2D eigenvalue weighted by atomic mass is 10.1. The van der Waals surface area contributed by atoms with E-state index in [0.29, 0.717) is 17.1 Å². The van der Waals surface area contributed by atoms with Crippen LogP contribution in [0.5, 0.6) is 0 Å². The first-order valence-corrected chi connectivity index (χ1v) is 7.90. The van der Waals surface area contributed by atoms with Crippen LogP contribution < -0.4 is 0 Å². The van der Waals surface area contributed by atoms with E-state index in [9.17, 15) is 10.0 Å². The van der Waals surface area contributed by atoms with Crippen molar-refractivity contribution < 1.29 is 14.4 Å². The molecule has 1 rings (SSSR count). The summed E-state index contributed by atoms with van der Waals surface area (Å²) in [4.78, 5) is 11.2. The molecule has 0 aromatic carbocycles. The first-order valence-electron chi connectivity index (χ1n) is 7.90. The maximum atomic E-state index is 10.8. The summed E-state index contributed by atoms with van der Waals surface area (Å²) in [5.41, 5.74) is 0.663. The van der Waals surface area contributed by atoms with Crippen LogP contribution in [0.3, 0.4) is 0 Å². The van der Waals surface area contributed by atoms with Gasteiger partial charge in [0.25, 0.3) is 0 Å². The third kappa shape index (κ3) is 9.38. The Hall–Kier alpha value is -2.25. The molecule has 0 unspecified atom stereocenters. The predicted molar refractivity (Wildman–Crippen MR) is 84.3 cm³/mol. The van der Waals surface area contributed by atoms with E-state index < -0.39 is 0 Å². The lowest BCUT2D eigenvalue weighted by molar-refractivity contribution is -0.458. The second-order valence-electron chi connectivity index (χ2n) is 5.22. The van der Waals surface area contributed by atoms with Crippen LogP contribution >= 0.6 is 0 Å². The molecular weight excluding hydrogens is 298 g/mol. The number of aromatic nitrogens is 3. The summed E-state index contributed by atoms with van der Waals surface area (Å²) in [5, 5.41) is 22.5. The van der Waals surface area contributed by atoms with Crippen LogP contribution in [-0.2, 0) is 22.7 Å². The molecule has 0 spiro atoms. The summed E-state index contributed by atoms with van der Waals surface area (Å²) in [5.74, 6) is -0.320. The van der Waals surface area contributed by atoms with E-state index in [-0.39, 0.29) is 12.6 Å². The number of nitrogens with zero attached hydrogens (tertiary/aromatic N) is 5. The third-order valence-electron chi connectivity index (χ3n) is 3.20. The van der Waals surface area contributed by atoms with Gasteiger partial charge in [0.1, 0.15) is 18.8 Å². The van der Waals surface area contributed by atoms with Gasteiger partial charge in [-0.1, -0.05) is 35.8 Å². The molecule has 0 amide bonds. The molecular formula is C15H25N5O3. The highest BCUT2D eigenvalue weighted by atomic mass is 16.5. The molecule has 0 atom stereocenters. The lowest BCUT2D eigenvalue weighted by Crippen LogP contribution is -1.99. The number of azo groups is 1. The fourth-order valence-corrected chi connectivity index (χ4v) is 2.01. The van der Waals surface area contributed by atoms with Crippen LogP contribution in [0.2, 0.25) is 0 Å². The quantitative estimate of drug-likeness (QED) is 0.194. The van der Waals surface area contributed by atoms with Gasteiger partial charge in [-0.15, -0.1) is 5.10 Å². The van der Waals surface area contributed by atoms with Crippen molar-refractivity contribution in [3.8, 4) is 0 Å². The molecule has 8 nitrogen and oxygen atoms in total. The number of carbonyl (C=O) groups excluding carboxylic acids is 1. The summed E-state index contributed by atoms with van der Waals surface area (Å²) in [7, 11) is 0. The first kappa shape index (κ1) is 18.8. The summed E-state index contributed by atoms with van der Waals surface area (Å²) < 4.78 is 6.64. The minimum Gasteiger partial charge on any atom is -0.595 e. The van der Waals surface area contributed by atoms with Crippen molar-refractivity contribution in [2.24, 2.45) is 5.11 Å². The largest absolute Gasteiger partial charge is 0.595 e. The summed E-state index contributed by atoms with van der Waals surface area (Å²) in [6, 6.07) is 0. The van der Waals surface area contributed by atoms with Crippen LogP contribution in [0.25, 0.3) is 0 Å². The second-order valence-corrected chi connectivity index (χ2v) is 5.22. The van der Waals surface area contributed by atoms with Crippen molar-refractivity contribution in [2.45, 2.75) is 58.6 Å². The van der Waals surface area contributed by atoms with Crippen LogP contribution in [0.1, 0.15) is 51.1 Å². The molecule has 1 aromatic heterocycles. The molecule has 0 aliphatic carbocycles.